The summed E-state index contributed by atoms with van der Waals surface area (Å²) in [5.74, 6) is -1.10. The van der Waals surface area contributed by atoms with Gasteiger partial charge in [-0.2, -0.15) is 0 Å². The zero-order valence-electron chi connectivity index (χ0n) is 10.9. The van der Waals surface area contributed by atoms with E-state index >= 15 is 0 Å². The summed E-state index contributed by atoms with van der Waals surface area (Å²) in [5, 5.41) is 23.2. The normalized spacial score (nSPS) is 26.2. The Bertz CT molecular complexity index is 501. The fourth-order valence-corrected chi connectivity index (χ4v) is 3.02. The maximum Gasteiger partial charge on any atom is 0.306 e. The fraction of sp³-hybridized carbons (Fsp3) is 0.500. The van der Waals surface area contributed by atoms with E-state index < -0.39 is 11.6 Å². The summed E-state index contributed by atoms with van der Waals surface area (Å²) in [6, 6.07) is 5.48. The van der Waals surface area contributed by atoms with Gasteiger partial charge in [-0.15, -0.1) is 0 Å². The molecule has 4 nitrogen and oxygen atoms in total. The highest BCUT2D eigenvalue weighted by molar-refractivity contribution is 9.10. The van der Waals surface area contributed by atoms with Crippen molar-refractivity contribution in [3.8, 4) is 0 Å². The van der Waals surface area contributed by atoms with Gasteiger partial charge < -0.3 is 15.5 Å². The second-order valence-electron chi connectivity index (χ2n) is 5.31. The molecule has 20 heavy (non-hydrogen) atoms. The molecular formula is C14H17BrClNO3. The van der Waals surface area contributed by atoms with Crippen LogP contribution in [0.1, 0.15) is 25.7 Å². The number of hydrogen-bond acceptors (Lipinski definition) is 3. The molecule has 1 saturated carbocycles. The van der Waals surface area contributed by atoms with Crippen molar-refractivity contribution in [2.45, 2.75) is 31.3 Å². The second-order valence-corrected chi connectivity index (χ2v) is 6.64. The topological polar surface area (TPSA) is 69.6 Å². The molecular weight excluding hydrogens is 346 g/mol. The van der Waals surface area contributed by atoms with Gasteiger partial charge in [0.05, 0.1) is 22.2 Å². The molecule has 0 heterocycles. The number of carboxylic acid groups (broad SMARTS) is 1. The monoisotopic (exact) mass is 361 g/mol. The van der Waals surface area contributed by atoms with Gasteiger partial charge >= 0.3 is 5.97 Å². The lowest BCUT2D eigenvalue weighted by atomic mass is 9.79. The Kier molecular flexibility index (Phi) is 4.94. The van der Waals surface area contributed by atoms with E-state index in [1.807, 2.05) is 12.1 Å². The van der Waals surface area contributed by atoms with E-state index in [0.29, 0.717) is 37.3 Å². The predicted octanol–water partition coefficient (Wildman–Crippen LogP) is 3.52. The number of hydrogen-bond donors (Lipinski definition) is 3. The van der Waals surface area contributed by atoms with E-state index in [1.165, 1.54) is 0 Å². The maximum absolute atomic E-state index is 10.9. The molecule has 0 bridgehead atoms. The highest BCUT2D eigenvalue weighted by Gasteiger charge is 2.35. The van der Waals surface area contributed by atoms with Crippen LogP contribution in [0.2, 0.25) is 5.02 Å². The van der Waals surface area contributed by atoms with Gasteiger partial charge in [0.2, 0.25) is 0 Å². The van der Waals surface area contributed by atoms with Gasteiger partial charge in [-0.05, 0) is 43.9 Å². The number of carboxylic acids is 1. The summed E-state index contributed by atoms with van der Waals surface area (Å²) >= 11 is 9.45. The molecule has 1 aliphatic carbocycles. The molecule has 3 N–H and O–H groups in total. The van der Waals surface area contributed by atoms with Crippen LogP contribution in [-0.4, -0.2) is 28.3 Å². The van der Waals surface area contributed by atoms with Crippen molar-refractivity contribution in [3.63, 3.8) is 0 Å². The molecule has 0 aliphatic heterocycles. The quantitative estimate of drug-likeness (QED) is 0.766. The van der Waals surface area contributed by atoms with E-state index in [0.717, 1.165) is 10.2 Å². The van der Waals surface area contributed by atoms with Gasteiger partial charge in [-0.25, -0.2) is 0 Å². The molecule has 2 rings (SSSR count). The molecule has 0 atom stereocenters. The van der Waals surface area contributed by atoms with Gasteiger partial charge in [0, 0.05) is 11.0 Å². The number of rotatable bonds is 4. The van der Waals surface area contributed by atoms with E-state index in [-0.39, 0.29) is 5.92 Å². The number of anilines is 1. The average Bonchev–Trinajstić information content (AvgIpc) is 2.40. The molecule has 0 unspecified atom stereocenters. The Hall–Kier alpha value is -0.780. The molecule has 1 aromatic rings. The van der Waals surface area contributed by atoms with Crippen molar-refractivity contribution in [2.75, 3.05) is 11.9 Å². The predicted molar refractivity (Wildman–Crippen MR) is 82.2 cm³/mol. The van der Waals surface area contributed by atoms with Gasteiger partial charge in [0.1, 0.15) is 0 Å². The first kappa shape index (κ1) is 15.6. The third-order valence-corrected chi connectivity index (χ3v) is 4.62. The highest BCUT2D eigenvalue weighted by Crippen LogP contribution is 2.33. The molecule has 0 amide bonds. The smallest absolute Gasteiger partial charge is 0.306 e. The molecule has 110 valence electrons. The number of nitrogens with one attached hydrogen (secondary N) is 1. The Morgan fingerprint density at radius 1 is 1.45 bits per heavy atom. The number of carbonyl (C=O) groups is 1. The number of halogens is 2. The van der Waals surface area contributed by atoms with E-state index in [1.54, 1.807) is 6.07 Å². The minimum absolute atomic E-state index is 0.329. The Balaban J connectivity index is 1.94. The van der Waals surface area contributed by atoms with Gasteiger partial charge in [0.25, 0.3) is 0 Å². The highest BCUT2D eigenvalue weighted by atomic mass is 79.9. The van der Waals surface area contributed by atoms with Crippen molar-refractivity contribution < 1.29 is 15.0 Å². The maximum atomic E-state index is 10.9. The third-order valence-electron chi connectivity index (χ3n) is 3.80. The first-order valence-electron chi connectivity index (χ1n) is 6.54. The van der Waals surface area contributed by atoms with E-state index in [9.17, 15) is 9.90 Å². The molecule has 1 aliphatic rings. The molecule has 0 spiro atoms. The molecule has 1 fully saturated rings. The molecule has 0 aromatic heterocycles. The minimum atomic E-state index is -0.863. The summed E-state index contributed by atoms with van der Waals surface area (Å²) in [7, 11) is 0. The molecule has 0 radical (unpaired) electrons. The van der Waals surface area contributed by atoms with Crippen LogP contribution in [0.3, 0.4) is 0 Å². The molecule has 1 aromatic carbocycles. The van der Waals surface area contributed by atoms with Crippen molar-refractivity contribution in [2.24, 2.45) is 5.92 Å². The lowest BCUT2D eigenvalue weighted by Gasteiger charge is -2.35. The van der Waals surface area contributed by atoms with Crippen molar-refractivity contribution in [3.05, 3.63) is 27.7 Å². The number of aliphatic hydroxyl groups is 1. The lowest BCUT2D eigenvalue weighted by molar-refractivity contribution is -0.144. The van der Waals surface area contributed by atoms with Gasteiger partial charge in [-0.1, -0.05) is 27.5 Å². The Morgan fingerprint density at radius 3 is 2.70 bits per heavy atom. The zero-order chi connectivity index (χ0) is 14.8. The Morgan fingerprint density at radius 2 is 2.10 bits per heavy atom. The second kappa shape index (κ2) is 6.33. The number of aliphatic carboxylic acids is 1. The first-order chi connectivity index (χ1) is 9.39. The van der Waals surface area contributed by atoms with Crippen LogP contribution in [0.5, 0.6) is 0 Å². The fourth-order valence-electron chi connectivity index (χ4n) is 2.47. The largest absolute Gasteiger partial charge is 0.481 e. The summed E-state index contributed by atoms with van der Waals surface area (Å²) < 4.78 is 0.908. The average molecular weight is 363 g/mol. The summed E-state index contributed by atoms with van der Waals surface area (Å²) in [4.78, 5) is 10.9. The van der Waals surface area contributed by atoms with Crippen LogP contribution in [0, 0.1) is 5.92 Å². The lowest BCUT2D eigenvalue weighted by Crippen LogP contribution is -2.41. The van der Waals surface area contributed by atoms with Gasteiger partial charge in [-0.3, -0.25) is 4.79 Å². The van der Waals surface area contributed by atoms with Crippen LogP contribution in [0.15, 0.2) is 22.7 Å². The van der Waals surface area contributed by atoms with E-state index in [2.05, 4.69) is 21.2 Å². The first-order valence-corrected chi connectivity index (χ1v) is 7.71. The van der Waals surface area contributed by atoms with Crippen molar-refractivity contribution >= 4 is 39.2 Å². The van der Waals surface area contributed by atoms with Gasteiger partial charge in [0.15, 0.2) is 0 Å². The van der Waals surface area contributed by atoms with Crippen LogP contribution >= 0.6 is 27.5 Å². The SMILES string of the molecule is O=C(O)C1CCC(O)(CNc2cc(Br)ccc2Cl)CC1. The number of benzene rings is 1. The Labute approximate surface area is 131 Å². The van der Waals surface area contributed by atoms with Crippen molar-refractivity contribution in [1.29, 1.82) is 0 Å². The third kappa shape index (κ3) is 3.87. The summed E-state index contributed by atoms with van der Waals surface area (Å²) in [6.07, 6.45) is 2.00. The van der Waals surface area contributed by atoms with Crippen molar-refractivity contribution in [1.82, 2.24) is 0 Å². The zero-order valence-corrected chi connectivity index (χ0v) is 13.2. The van der Waals surface area contributed by atoms with Crippen LogP contribution in [0.25, 0.3) is 0 Å². The van der Waals surface area contributed by atoms with Crippen LogP contribution in [-0.2, 0) is 4.79 Å². The summed E-state index contributed by atoms with van der Waals surface area (Å²) in [5.41, 5.74) is -0.104. The van der Waals surface area contributed by atoms with Crippen LogP contribution in [0.4, 0.5) is 5.69 Å². The van der Waals surface area contributed by atoms with E-state index in [4.69, 9.17) is 16.7 Å². The summed E-state index contributed by atoms with van der Waals surface area (Å²) in [6.45, 7) is 0.371. The molecule has 6 heteroatoms. The minimum Gasteiger partial charge on any atom is -0.481 e. The molecule has 0 saturated heterocycles. The van der Waals surface area contributed by atoms with Crippen LogP contribution < -0.4 is 5.32 Å². The standard InChI is InChI=1S/C14H17BrClNO3/c15-10-1-2-11(16)12(7-10)17-8-14(20)5-3-9(4-6-14)13(18)19/h1-2,7,9,17,20H,3-6,8H2,(H,18,19).